The van der Waals surface area contributed by atoms with Crippen molar-refractivity contribution in [2.75, 3.05) is 27.3 Å². The molecule has 0 aliphatic heterocycles. The Labute approximate surface area is 182 Å². The molecule has 0 spiro atoms. The molecule has 0 aliphatic carbocycles. The summed E-state index contributed by atoms with van der Waals surface area (Å²) >= 11 is 1.73. The zero-order chi connectivity index (χ0) is 18.8. The molecule has 1 aromatic heterocycles. The Morgan fingerprint density at radius 2 is 1.93 bits per heavy atom. The van der Waals surface area contributed by atoms with Crippen molar-refractivity contribution in [1.29, 1.82) is 0 Å². The quantitative estimate of drug-likeness (QED) is 0.310. The highest BCUT2D eigenvalue weighted by Gasteiger charge is 2.05. The molecule has 0 atom stereocenters. The van der Waals surface area contributed by atoms with Gasteiger partial charge in [-0.3, -0.25) is 0 Å². The Balaban J connectivity index is 0.00000364. The summed E-state index contributed by atoms with van der Waals surface area (Å²) < 4.78 is 10.6. The van der Waals surface area contributed by atoms with Crippen LogP contribution < -0.4 is 20.1 Å². The second kappa shape index (κ2) is 12.8. The summed E-state index contributed by atoms with van der Waals surface area (Å²) in [4.78, 5) is 9.24. The Kier molecular flexibility index (Phi) is 11.1. The number of thiazole rings is 1. The number of hydrogen-bond donors (Lipinski definition) is 2. The van der Waals surface area contributed by atoms with Gasteiger partial charge in [-0.25, -0.2) is 9.98 Å². The number of benzene rings is 1. The predicted octanol–water partition coefficient (Wildman–Crippen LogP) is 3.64. The number of guanidine groups is 1. The molecule has 0 bridgehead atoms. The van der Waals surface area contributed by atoms with Crippen molar-refractivity contribution in [3.05, 3.63) is 39.8 Å². The van der Waals surface area contributed by atoms with Crippen LogP contribution >= 0.6 is 35.3 Å². The highest BCUT2D eigenvalue weighted by atomic mass is 127. The lowest BCUT2D eigenvalue weighted by atomic mass is 10.2. The van der Waals surface area contributed by atoms with Gasteiger partial charge in [0.2, 0.25) is 0 Å². The van der Waals surface area contributed by atoms with Gasteiger partial charge in [0, 0.05) is 24.9 Å². The van der Waals surface area contributed by atoms with E-state index in [0.29, 0.717) is 12.3 Å². The fourth-order valence-electron chi connectivity index (χ4n) is 2.43. The minimum absolute atomic E-state index is 0. The van der Waals surface area contributed by atoms with E-state index >= 15 is 0 Å². The standard InChI is InChI=1S/C19H28N4O2S.HI/c1-5-18-23-15(13-26-18)9-10-21-19(20-6-2)22-12-14-7-8-16(24-3)17(11-14)25-4;/h7-8,11,13H,5-6,9-10,12H2,1-4H3,(H2,20,21,22);1H. The van der Waals surface area contributed by atoms with Crippen LogP contribution in [0.3, 0.4) is 0 Å². The average molecular weight is 504 g/mol. The van der Waals surface area contributed by atoms with Crippen LogP contribution in [0.15, 0.2) is 28.6 Å². The summed E-state index contributed by atoms with van der Waals surface area (Å²) in [6, 6.07) is 5.85. The minimum atomic E-state index is 0. The number of aliphatic imine (C=N–C) groups is 1. The van der Waals surface area contributed by atoms with Crippen molar-refractivity contribution in [2.24, 2.45) is 4.99 Å². The summed E-state index contributed by atoms with van der Waals surface area (Å²) in [7, 11) is 3.27. The second-order valence-electron chi connectivity index (χ2n) is 5.65. The van der Waals surface area contributed by atoms with E-state index < -0.39 is 0 Å². The maximum absolute atomic E-state index is 5.35. The summed E-state index contributed by atoms with van der Waals surface area (Å²) in [5.41, 5.74) is 2.20. The molecule has 0 amide bonds. The summed E-state index contributed by atoms with van der Waals surface area (Å²) in [6.07, 6.45) is 1.88. The SMILES string of the molecule is CCNC(=NCc1ccc(OC)c(OC)c1)NCCc1csc(CC)n1.I. The summed E-state index contributed by atoms with van der Waals surface area (Å²) in [6.45, 7) is 6.36. The van der Waals surface area contributed by atoms with Crippen LogP contribution in [0.5, 0.6) is 11.5 Å². The van der Waals surface area contributed by atoms with Crippen LogP contribution in [-0.4, -0.2) is 38.3 Å². The average Bonchev–Trinajstić information content (AvgIpc) is 3.13. The molecule has 2 aromatic rings. The molecule has 0 saturated heterocycles. The molecular weight excluding hydrogens is 475 g/mol. The maximum atomic E-state index is 5.35. The van der Waals surface area contributed by atoms with E-state index in [1.54, 1.807) is 25.6 Å². The van der Waals surface area contributed by atoms with Gasteiger partial charge in [-0.15, -0.1) is 35.3 Å². The largest absolute Gasteiger partial charge is 0.493 e. The van der Waals surface area contributed by atoms with Crippen molar-refractivity contribution in [2.45, 2.75) is 33.2 Å². The number of nitrogens with zero attached hydrogens (tertiary/aromatic N) is 2. The van der Waals surface area contributed by atoms with Crippen molar-refractivity contribution >= 4 is 41.3 Å². The minimum Gasteiger partial charge on any atom is -0.493 e. The number of halogens is 1. The number of aryl methyl sites for hydroxylation is 1. The fourth-order valence-corrected chi connectivity index (χ4v) is 3.21. The van der Waals surface area contributed by atoms with Gasteiger partial charge >= 0.3 is 0 Å². The smallest absolute Gasteiger partial charge is 0.191 e. The molecule has 150 valence electrons. The van der Waals surface area contributed by atoms with Crippen molar-refractivity contribution in [1.82, 2.24) is 15.6 Å². The highest BCUT2D eigenvalue weighted by molar-refractivity contribution is 14.0. The highest BCUT2D eigenvalue weighted by Crippen LogP contribution is 2.27. The van der Waals surface area contributed by atoms with Gasteiger partial charge in [0.15, 0.2) is 17.5 Å². The third kappa shape index (κ3) is 7.53. The second-order valence-corrected chi connectivity index (χ2v) is 6.59. The third-order valence-corrected chi connectivity index (χ3v) is 4.83. The van der Waals surface area contributed by atoms with Gasteiger partial charge in [-0.1, -0.05) is 13.0 Å². The first-order valence-corrected chi connectivity index (χ1v) is 9.74. The van der Waals surface area contributed by atoms with E-state index in [1.807, 2.05) is 18.2 Å². The molecule has 2 rings (SSSR count). The van der Waals surface area contributed by atoms with Gasteiger partial charge in [0.05, 0.1) is 31.5 Å². The lowest BCUT2D eigenvalue weighted by molar-refractivity contribution is 0.354. The molecular formula is C19H29IN4O2S. The topological polar surface area (TPSA) is 67.8 Å². The Morgan fingerprint density at radius 3 is 2.56 bits per heavy atom. The Morgan fingerprint density at radius 1 is 1.15 bits per heavy atom. The van der Waals surface area contributed by atoms with Crippen molar-refractivity contribution in [3.8, 4) is 11.5 Å². The first-order valence-electron chi connectivity index (χ1n) is 8.86. The number of nitrogens with one attached hydrogen (secondary N) is 2. The third-order valence-electron chi connectivity index (χ3n) is 3.79. The van der Waals surface area contributed by atoms with E-state index in [2.05, 4.69) is 39.8 Å². The van der Waals surface area contributed by atoms with Crippen LogP contribution in [-0.2, 0) is 19.4 Å². The number of aromatic nitrogens is 1. The molecule has 27 heavy (non-hydrogen) atoms. The Hall–Kier alpha value is -1.55. The molecule has 8 heteroatoms. The van der Waals surface area contributed by atoms with Crippen LogP contribution in [0.25, 0.3) is 0 Å². The van der Waals surface area contributed by atoms with Gasteiger partial charge in [-0.05, 0) is 31.0 Å². The molecule has 0 fully saturated rings. The van der Waals surface area contributed by atoms with E-state index in [4.69, 9.17) is 9.47 Å². The normalized spacial score (nSPS) is 10.9. The van der Waals surface area contributed by atoms with Crippen LogP contribution in [0, 0.1) is 0 Å². The zero-order valence-electron chi connectivity index (χ0n) is 16.4. The molecule has 2 N–H and O–H groups in total. The predicted molar refractivity (Wildman–Crippen MR) is 123 cm³/mol. The number of rotatable bonds is 9. The number of ether oxygens (including phenoxy) is 2. The molecule has 0 unspecified atom stereocenters. The fraction of sp³-hybridized carbons (Fsp3) is 0.474. The van der Waals surface area contributed by atoms with Gasteiger partial charge in [-0.2, -0.15) is 0 Å². The summed E-state index contributed by atoms with van der Waals surface area (Å²) in [5.74, 6) is 2.24. The first kappa shape index (κ1) is 23.5. The number of methoxy groups -OCH3 is 2. The molecule has 1 aromatic carbocycles. The van der Waals surface area contributed by atoms with E-state index in [9.17, 15) is 0 Å². The lowest BCUT2D eigenvalue weighted by Gasteiger charge is -2.12. The molecule has 0 radical (unpaired) electrons. The van der Waals surface area contributed by atoms with Gasteiger partial charge < -0.3 is 20.1 Å². The van der Waals surface area contributed by atoms with Crippen molar-refractivity contribution in [3.63, 3.8) is 0 Å². The van der Waals surface area contributed by atoms with E-state index in [-0.39, 0.29) is 24.0 Å². The lowest BCUT2D eigenvalue weighted by Crippen LogP contribution is -2.38. The van der Waals surface area contributed by atoms with Crippen LogP contribution in [0.4, 0.5) is 0 Å². The maximum Gasteiger partial charge on any atom is 0.191 e. The monoisotopic (exact) mass is 504 g/mol. The Bertz CT molecular complexity index is 721. The first-order chi connectivity index (χ1) is 12.7. The van der Waals surface area contributed by atoms with Gasteiger partial charge in [0.25, 0.3) is 0 Å². The van der Waals surface area contributed by atoms with Gasteiger partial charge in [0.1, 0.15) is 0 Å². The van der Waals surface area contributed by atoms with E-state index in [0.717, 1.165) is 48.9 Å². The van der Waals surface area contributed by atoms with Crippen LogP contribution in [0.1, 0.15) is 30.1 Å². The molecule has 1 heterocycles. The van der Waals surface area contributed by atoms with Crippen LogP contribution in [0.2, 0.25) is 0 Å². The van der Waals surface area contributed by atoms with E-state index in [1.165, 1.54) is 5.01 Å². The molecule has 6 nitrogen and oxygen atoms in total. The summed E-state index contributed by atoms with van der Waals surface area (Å²) in [5, 5.41) is 9.96. The molecule has 0 aliphatic rings. The zero-order valence-corrected chi connectivity index (χ0v) is 19.5. The molecule has 0 saturated carbocycles. The number of hydrogen-bond acceptors (Lipinski definition) is 5. The van der Waals surface area contributed by atoms with Crippen molar-refractivity contribution < 1.29 is 9.47 Å².